The first kappa shape index (κ1) is 85.3. The lowest BCUT2D eigenvalue weighted by molar-refractivity contribution is -0.149. The lowest BCUT2D eigenvalue weighted by Gasteiger charge is -2.34. The summed E-state index contributed by atoms with van der Waals surface area (Å²) in [4.78, 5) is 48.2. The van der Waals surface area contributed by atoms with E-state index in [9.17, 15) is 14.4 Å². The van der Waals surface area contributed by atoms with Crippen LogP contribution < -0.4 is 0 Å². The third-order valence-corrected chi connectivity index (χ3v) is 10.4. The van der Waals surface area contributed by atoms with E-state index in [2.05, 4.69) is 55.4 Å². The molecule has 10 nitrogen and oxygen atoms in total. The highest BCUT2D eigenvalue weighted by atomic mass is 16.5. The number of methoxy groups -OCH3 is 1. The lowest BCUT2D eigenvalue weighted by atomic mass is 9.85. The molecule has 394 valence electrons. The summed E-state index contributed by atoms with van der Waals surface area (Å²) < 4.78 is 22.9. The number of unbranched alkanes of at least 4 members (excludes halogenated alkanes) is 10. The Kier molecular flexibility index (Phi) is 96.8. The van der Waals surface area contributed by atoms with Gasteiger partial charge in [0, 0.05) is 38.4 Å². The molecule has 10 heteroatoms. The minimum absolute atomic E-state index is 0. The average Bonchev–Trinajstić information content (AvgIpc) is 3.29. The highest BCUT2D eigenvalue weighted by Crippen LogP contribution is 2.27. The minimum atomic E-state index is -0.331. The zero-order valence-electron chi connectivity index (χ0n) is 47.3. The lowest BCUT2D eigenvalue weighted by Crippen LogP contribution is -2.38. The van der Waals surface area contributed by atoms with E-state index in [-0.39, 0.29) is 47.4 Å². The molecule has 0 fully saturated rings. The Labute approximate surface area is 401 Å². The third-order valence-electron chi connectivity index (χ3n) is 10.4. The number of esters is 1. The molecule has 0 aromatic rings. The second-order valence-electron chi connectivity index (χ2n) is 15.5. The van der Waals surface area contributed by atoms with Gasteiger partial charge in [-0.3, -0.25) is 14.4 Å². The predicted molar refractivity (Wildman–Crippen MR) is 280 cm³/mol. The van der Waals surface area contributed by atoms with Gasteiger partial charge in [0.2, 0.25) is 0 Å². The Morgan fingerprint density at radius 3 is 1.25 bits per heavy atom. The molecule has 0 aromatic carbocycles. The molecule has 0 heterocycles. The van der Waals surface area contributed by atoms with Crippen molar-refractivity contribution >= 4 is 31.1 Å². The second-order valence-corrected chi connectivity index (χ2v) is 15.5. The summed E-state index contributed by atoms with van der Waals surface area (Å²) in [5.41, 5.74) is 0. The van der Waals surface area contributed by atoms with Gasteiger partial charge in [-0.15, -0.1) is 0 Å². The summed E-state index contributed by atoms with van der Waals surface area (Å²) in [5, 5.41) is 0. The standard InChI is InChI=1S/C28H58O3.C9H16O3.C7H14O.4C2H6.2CH2O.H2O/c1-8-11-12-13-14-15-16-17-18-19-20-21-27(31-23-24(4)22-30-10-3)26(6)28(29-7)25(5)9-2;1-5-9(6(2)10)7(3)12-8(4)11;1-5(2)6(3)7(4)8;6*1-2;/h24-28H,8-23H2,1-7H3;7,9H,5H2,1-4H3;5-6H,1-4H3;4*1-2H3;2*1H2;1H2. The fourth-order valence-electron chi connectivity index (χ4n) is 6.34. The van der Waals surface area contributed by atoms with Gasteiger partial charge >= 0.3 is 5.97 Å². The van der Waals surface area contributed by atoms with Crippen LogP contribution in [0.5, 0.6) is 0 Å². The highest BCUT2D eigenvalue weighted by Gasteiger charge is 2.30. The molecule has 0 aliphatic carbocycles. The molecule has 0 aromatic heterocycles. The zero-order valence-corrected chi connectivity index (χ0v) is 47.3. The van der Waals surface area contributed by atoms with E-state index in [0.29, 0.717) is 35.9 Å². The first-order chi connectivity index (χ1) is 30.0. The van der Waals surface area contributed by atoms with Gasteiger partial charge in [0.15, 0.2) is 0 Å². The summed E-state index contributed by atoms with van der Waals surface area (Å²) in [6, 6.07) is 0. The van der Waals surface area contributed by atoms with Crippen LogP contribution in [-0.2, 0) is 42.9 Å². The van der Waals surface area contributed by atoms with Crippen LogP contribution in [-0.4, -0.2) is 81.8 Å². The molecule has 0 radical (unpaired) electrons. The monoisotopic (exact) mass is 927 g/mol. The fourth-order valence-corrected chi connectivity index (χ4v) is 6.34. The number of carbonyl (C=O) groups excluding carboxylic acids is 5. The summed E-state index contributed by atoms with van der Waals surface area (Å²) in [7, 11) is 1.87. The zero-order chi connectivity index (χ0) is 51.8. The second kappa shape index (κ2) is 72.6. The molecule has 2 N–H and O–H groups in total. The first-order valence-electron chi connectivity index (χ1n) is 25.5. The smallest absolute Gasteiger partial charge is 0.302 e. The summed E-state index contributed by atoms with van der Waals surface area (Å²) in [6.45, 7) is 50.1. The van der Waals surface area contributed by atoms with E-state index < -0.39 is 0 Å². The molecule has 0 aliphatic rings. The molecule has 8 atom stereocenters. The molecule has 64 heavy (non-hydrogen) atoms. The van der Waals surface area contributed by atoms with Gasteiger partial charge in [-0.2, -0.15) is 0 Å². The number of Topliss-reactive ketones (excluding diaryl/α,β-unsaturated/α-hetero) is 2. The molecule has 8 unspecified atom stereocenters. The minimum Gasteiger partial charge on any atom is -0.462 e. The Hall–Kier alpha value is -2.01. The van der Waals surface area contributed by atoms with Crippen molar-refractivity contribution in [1.82, 2.24) is 0 Å². The molecule has 0 bridgehead atoms. The first-order valence-corrected chi connectivity index (χ1v) is 25.5. The summed E-state index contributed by atoms with van der Waals surface area (Å²) in [6.07, 6.45) is 18.5. The molecule has 0 saturated carbocycles. The van der Waals surface area contributed by atoms with Crippen LogP contribution in [0.4, 0.5) is 0 Å². The maximum atomic E-state index is 11.0. The van der Waals surface area contributed by atoms with E-state index in [1.54, 1.807) is 13.8 Å². The van der Waals surface area contributed by atoms with Crippen molar-refractivity contribution in [3.8, 4) is 0 Å². The van der Waals surface area contributed by atoms with Crippen LogP contribution in [0, 0.1) is 35.5 Å². The van der Waals surface area contributed by atoms with E-state index in [1.165, 1.54) is 84.5 Å². The molecule has 0 amide bonds. The maximum absolute atomic E-state index is 11.0. The normalized spacial score (nSPS) is 13.2. The van der Waals surface area contributed by atoms with E-state index in [1.807, 2.05) is 89.9 Å². The molecule has 0 spiro atoms. The SMILES string of the molecule is C=O.C=O.CC.CC.CC.CC.CC(=O)C(C)C(C)C.CCC(C(C)=O)C(C)OC(C)=O.CCCCCCCCCCCCCC(OCC(C)COCC)C(C)C(OC)C(C)CC.O. The van der Waals surface area contributed by atoms with Crippen molar-refractivity contribution in [2.24, 2.45) is 35.5 Å². The quantitative estimate of drug-likeness (QED) is 0.0527. The maximum Gasteiger partial charge on any atom is 0.302 e. The number of ketones is 2. The van der Waals surface area contributed by atoms with Crippen molar-refractivity contribution in [3.63, 3.8) is 0 Å². The number of hydrogen-bond acceptors (Lipinski definition) is 9. The largest absolute Gasteiger partial charge is 0.462 e. The third kappa shape index (κ3) is 62.1. The molecule has 0 saturated heterocycles. The van der Waals surface area contributed by atoms with Crippen molar-refractivity contribution in [2.45, 2.75) is 261 Å². The Morgan fingerprint density at radius 2 is 0.969 bits per heavy atom. The van der Waals surface area contributed by atoms with Gasteiger partial charge in [0.05, 0.1) is 31.3 Å². The molecular formula is C54H118O10. The van der Waals surface area contributed by atoms with Crippen LogP contribution in [0.25, 0.3) is 0 Å². The highest BCUT2D eigenvalue weighted by molar-refractivity contribution is 5.79. The molecule has 0 rings (SSSR count). The van der Waals surface area contributed by atoms with Crippen molar-refractivity contribution in [2.75, 3.05) is 26.9 Å². The molecular weight excluding hydrogens is 809 g/mol. The van der Waals surface area contributed by atoms with Gasteiger partial charge in [-0.25, -0.2) is 0 Å². The van der Waals surface area contributed by atoms with Gasteiger partial charge in [-0.05, 0) is 52.4 Å². The Bertz CT molecular complexity index is 852. The van der Waals surface area contributed by atoms with Crippen molar-refractivity contribution < 1.29 is 48.4 Å². The van der Waals surface area contributed by atoms with E-state index in [4.69, 9.17) is 28.5 Å². The fraction of sp³-hybridized carbons (Fsp3) is 0.907. The Balaban J connectivity index is -0.0000000906. The topological polar surface area (TPSA) is 154 Å². The number of carbonyl (C=O) groups is 5. The van der Waals surface area contributed by atoms with Crippen molar-refractivity contribution in [1.29, 1.82) is 0 Å². The van der Waals surface area contributed by atoms with Crippen LogP contribution in [0.2, 0.25) is 0 Å². The summed E-state index contributed by atoms with van der Waals surface area (Å²) in [5.74, 6) is 2.02. The van der Waals surface area contributed by atoms with Crippen molar-refractivity contribution in [3.05, 3.63) is 0 Å². The Morgan fingerprint density at radius 1 is 0.562 bits per heavy atom. The predicted octanol–water partition coefficient (Wildman–Crippen LogP) is 14.8. The van der Waals surface area contributed by atoms with Crippen LogP contribution in [0.1, 0.15) is 242 Å². The van der Waals surface area contributed by atoms with Gasteiger partial charge in [-0.1, -0.05) is 195 Å². The number of ether oxygens (including phenoxy) is 4. The van der Waals surface area contributed by atoms with Gasteiger partial charge < -0.3 is 34.0 Å². The van der Waals surface area contributed by atoms with Crippen LogP contribution in [0.15, 0.2) is 0 Å². The van der Waals surface area contributed by atoms with E-state index >= 15 is 0 Å². The number of rotatable bonds is 29. The van der Waals surface area contributed by atoms with Crippen LogP contribution >= 0.6 is 0 Å². The average molecular weight is 928 g/mol. The summed E-state index contributed by atoms with van der Waals surface area (Å²) >= 11 is 0. The van der Waals surface area contributed by atoms with Gasteiger partial charge in [0.1, 0.15) is 31.2 Å². The molecule has 0 aliphatic heterocycles. The van der Waals surface area contributed by atoms with Crippen LogP contribution in [0.3, 0.4) is 0 Å². The van der Waals surface area contributed by atoms with Gasteiger partial charge in [0.25, 0.3) is 0 Å². The van der Waals surface area contributed by atoms with E-state index in [0.717, 1.165) is 32.7 Å². The number of hydrogen-bond donors (Lipinski definition) is 0.